The zero-order valence-corrected chi connectivity index (χ0v) is 13.3. The molecule has 3 heterocycles. The summed E-state index contributed by atoms with van der Waals surface area (Å²) in [5.41, 5.74) is 1.68. The molecule has 1 amide bonds. The summed E-state index contributed by atoms with van der Waals surface area (Å²) in [5.74, 6) is 0.0561. The fourth-order valence-corrected chi connectivity index (χ4v) is 3.00. The lowest BCUT2D eigenvalue weighted by atomic mass is 10.0. The van der Waals surface area contributed by atoms with E-state index in [2.05, 4.69) is 20.5 Å². The van der Waals surface area contributed by atoms with Crippen molar-refractivity contribution in [1.82, 2.24) is 15.2 Å². The Morgan fingerprint density at radius 1 is 1.41 bits per heavy atom. The summed E-state index contributed by atoms with van der Waals surface area (Å²) in [7, 11) is 0. The highest BCUT2D eigenvalue weighted by Gasteiger charge is 2.17. The van der Waals surface area contributed by atoms with Gasteiger partial charge in [-0.3, -0.25) is 14.9 Å². The van der Waals surface area contributed by atoms with Gasteiger partial charge in [-0.15, -0.1) is 11.3 Å². The lowest BCUT2D eigenvalue weighted by molar-refractivity contribution is -0.117. The zero-order chi connectivity index (χ0) is 15.5. The van der Waals surface area contributed by atoms with Crippen molar-refractivity contribution in [1.29, 1.82) is 0 Å². The van der Waals surface area contributed by atoms with Gasteiger partial charge in [-0.2, -0.15) is 5.10 Å². The number of aromatic amines is 1. The largest absolute Gasteiger partial charge is 0.309 e. The first-order valence-corrected chi connectivity index (χ1v) is 7.85. The SMILES string of the molecule is C[C@@H](C(=O)Nc1cc(-c2ccc(Cl)s2)[nH]n1)c1cccnc1. The van der Waals surface area contributed by atoms with E-state index in [1.54, 1.807) is 18.5 Å². The van der Waals surface area contributed by atoms with Crippen LogP contribution in [0.3, 0.4) is 0 Å². The summed E-state index contributed by atoms with van der Waals surface area (Å²) in [6.07, 6.45) is 3.37. The highest BCUT2D eigenvalue weighted by Crippen LogP contribution is 2.30. The van der Waals surface area contributed by atoms with Crippen LogP contribution in [0.5, 0.6) is 0 Å². The molecule has 2 N–H and O–H groups in total. The molecule has 0 spiro atoms. The Hall–Kier alpha value is -2.18. The summed E-state index contributed by atoms with van der Waals surface area (Å²) in [4.78, 5) is 17.3. The molecular weight excluding hydrogens is 320 g/mol. The molecule has 7 heteroatoms. The molecule has 0 aliphatic carbocycles. The topological polar surface area (TPSA) is 70.7 Å². The number of carbonyl (C=O) groups excluding carboxylic acids is 1. The minimum atomic E-state index is -0.301. The third-order valence-electron chi connectivity index (χ3n) is 3.25. The van der Waals surface area contributed by atoms with Crippen LogP contribution >= 0.6 is 22.9 Å². The molecule has 3 rings (SSSR count). The number of pyridine rings is 1. The molecule has 0 radical (unpaired) electrons. The predicted octanol–water partition coefficient (Wildman–Crippen LogP) is 3.93. The van der Waals surface area contributed by atoms with E-state index in [1.807, 2.05) is 31.2 Å². The van der Waals surface area contributed by atoms with Crippen molar-refractivity contribution in [3.63, 3.8) is 0 Å². The Balaban J connectivity index is 1.71. The van der Waals surface area contributed by atoms with E-state index >= 15 is 0 Å². The molecule has 0 saturated carbocycles. The van der Waals surface area contributed by atoms with Gasteiger partial charge in [0.05, 0.1) is 20.8 Å². The summed E-state index contributed by atoms with van der Waals surface area (Å²) >= 11 is 7.37. The third kappa shape index (κ3) is 3.18. The van der Waals surface area contributed by atoms with E-state index in [4.69, 9.17) is 11.6 Å². The first kappa shape index (κ1) is 14.7. The standard InChI is InChI=1S/C15H13ClN4OS/c1-9(10-3-2-6-17-8-10)15(21)18-14-7-11(19-20-14)12-4-5-13(16)22-12/h2-9H,1H3,(H2,18,19,20,21)/t9-/m1/s1. The van der Waals surface area contributed by atoms with Crippen LogP contribution in [-0.2, 0) is 4.79 Å². The highest BCUT2D eigenvalue weighted by molar-refractivity contribution is 7.19. The summed E-state index contributed by atoms with van der Waals surface area (Å²) in [6, 6.07) is 9.21. The van der Waals surface area contributed by atoms with Gasteiger partial charge in [0, 0.05) is 18.5 Å². The number of carbonyl (C=O) groups is 1. The fourth-order valence-electron chi connectivity index (χ4n) is 1.99. The number of nitrogens with one attached hydrogen (secondary N) is 2. The van der Waals surface area contributed by atoms with E-state index in [1.165, 1.54) is 11.3 Å². The first-order valence-electron chi connectivity index (χ1n) is 6.65. The molecule has 3 aromatic rings. The summed E-state index contributed by atoms with van der Waals surface area (Å²) in [5, 5.41) is 9.80. The average Bonchev–Trinajstić information content (AvgIpc) is 3.16. The molecule has 22 heavy (non-hydrogen) atoms. The van der Waals surface area contributed by atoms with Gasteiger partial charge in [0.2, 0.25) is 5.91 Å². The third-order valence-corrected chi connectivity index (χ3v) is 4.51. The number of hydrogen-bond acceptors (Lipinski definition) is 4. The van der Waals surface area contributed by atoms with E-state index in [0.29, 0.717) is 10.2 Å². The predicted molar refractivity (Wildman–Crippen MR) is 88.2 cm³/mol. The van der Waals surface area contributed by atoms with Crippen LogP contribution in [0.2, 0.25) is 4.34 Å². The first-order chi connectivity index (χ1) is 10.6. The molecule has 5 nitrogen and oxygen atoms in total. The number of anilines is 1. The zero-order valence-electron chi connectivity index (χ0n) is 11.7. The van der Waals surface area contributed by atoms with Gasteiger partial charge in [0.25, 0.3) is 0 Å². The number of halogens is 1. The molecule has 0 bridgehead atoms. The minimum absolute atomic E-state index is 0.129. The summed E-state index contributed by atoms with van der Waals surface area (Å²) < 4.78 is 0.709. The molecule has 0 aliphatic rings. The number of amides is 1. The van der Waals surface area contributed by atoms with Crippen LogP contribution in [0.15, 0.2) is 42.7 Å². The number of nitrogens with zero attached hydrogens (tertiary/aromatic N) is 2. The van der Waals surface area contributed by atoms with Crippen molar-refractivity contribution in [3.8, 4) is 10.6 Å². The van der Waals surface area contributed by atoms with Crippen molar-refractivity contribution in [2.75, 3.05) is 5.32 Å². The second-order valence-corrected chi connectivity index (χ2v) is 6.48. The van der Waals surface area contributed by atoms with Crippen molar-refractivity contribution in [2.24, 2.45) is 0 Å². The maximum Gasteiger partial charge on any atom is 0.232 e. The minimum Gasteiger partial charge on any atom is -0.309 e. The van der Waals surface area contributed by atoms with E-state index in [-0.39, 0.29) is 11.8 Å². The highest BCUT2D eigenvalue weighted by atomic mass is 35.5. The monoisotopic (exact) mass is 332 g/mol. The molecule has 0 aromatic carbocycles. The Labute approximate surface area is 136 Å². The van der Waals surface area contributed by atoms with Gasteiger partial charge < -0.3 is 5.32 Å². The number of aromatic nitrogens is 3. The van der Waals surface area contributed by atoms with Crippen LogP contribution < -0.4 is 5.32 Å². The van der Waals surface area contributed by atoms with Crippen molar-refractivity contribution in [3.05, 3.63) is 52.6 Å². The van der Waals surface area contributed by atoms with E-state index in [9.17, 15) is 4.79 Å². The fraction of sp³-hybridized carbons (Fsp3) is 0.133. The second-order valence-electron chi connectivity index (χ2n) is 4.77. The van der Waals surface area contributed by atoms with Gasteiger partial charge in [0.1, 0.15) is 0 Å². The molecule has 3 aromatic heterocycles. The van der Waals surface area contributed by atoms with Crippen molar-refractivity contribution in [2.45, 2.75) is 12.8 Å². The van der Waals surface area contributed by atoms with Crippen molar-refractivity contribution >= 4 is 34.7 Å². The number of H-pyrrole nitrogens is 1. The molecule has 0 aliphatic heterocycles. The Bertz CT molecular complexity index is 784. The number of thiophene rings is 1. The van der Waals surface area contributed by atoms with Gasteiger partial charge in [0.15, 0.2) is 5.82 Å². The van der Waals surface area contributed by atoms with E-state index in [0.717, 1.165) is 16.1 Å². The normalized spacial score (nSPS) is 12.1. The van der Waals surface area contributed by atoms with Crippen LogP contribution in [-0.4, -0.2) is 21.1 Å². The molecule has 0 unspecified atom stereocenters. The Morgan fingerprint density at radius 3 is 2.95 bits per heavy atom. The lowest BCUT2D eigenvalue weighted by Gasteiger charge is -2.10. The van der Waals surface area contributed by atoms with Crippen molar-refractivity contribution < 1.29 is 4.79 Å². The van der Waals surface area contributed by atoms with Gasteiger partial charge in [-0.25, -0.2) is 0 Å². The average molecular weight is 333 g/mol. The smallest absolute Gasteiger partial charge is 0.232 e. The van der Waals surface area contributed by atoms with Crippen LogP contribution in [0.25, 0.3) is 10.6 Å². The van der Waals surface area contributed by atoms with Crippen LogP contribution in [0.1, 0.15) is 18.4 Å². The van der Waals surface area contributed by atoms with Gasteiger partial charge in [-0.1, -0.05) is 17.7 Å². The lowest BCUT2D eigenvalue weighted by Crippen LogP contribution is -2.19. The number of hydrogen-bond donors (Lipinski definition) is 2. The Morgan fingerprint density at radius 2 is 2.27 bits per heavy atom. The molecular formula is C15H13ClN4OS. The van der Waals surface area contributed by atoms with Gasteiger partial charge >= 0.3 is 0 Å². The van der Waals surface area contributed by atoms with E-state index < -0.39 is 0 Å². The molecule has 0 saturated heterocycles. The van der Waals surface area contributed by atoms with Crippen LogP contribution in [0.4, 0.5) is 5.82 Å². The number of rotatable bonds is 4. The second kappa shape index (κ2) is 6.29. The molecule has 1 atom stereocenters. The maximum absolute atomic E-state index is 12.3. The van der Waals surface area contributed by atoms with Gasteiger partial charge in [-0.05, 0) is 30.7 Å². The summed E-state index contributed by atoms with van der Waals surface area (Å²) in [6.45, 7) is 1.83. The molecule has 0 fully saturated rings. The molecule has 112 valence electrons. The Kier molecular flexibility index (Phi) is 4.22. The quantitative estimate of drug-likeness (QED) is 0.760. The van der Waals surface area contributed by atoms with Crippen LogP contribution in [0, 0.1) is 0 Å². The maximum atomic E-state index is 12.3.